The maximum absolute atomic E-state index is 10.9. The van der Waals surface area contributed by atoms with Crippen LogP contribution in [-0.4, -0.2) is 37.0 Å². The Balaban J connectivity index is 2.63. The van der Waals surface area contributed by atoms with Crippen LogP contribution < -0.4 is 11.5 Å². The monoisotopic (exact) mass is 157 g/mol. The third-order valence-corrected chi connectivity index (χ3v) is 2.37. The molecule has 0 unspecified atom stereocenters. The third-order valence-electron chi connectivity index (χ3n) is 2.37. The molecule has 0 aliphatic carbocycles. The quantitative estimate of drug-likeness (QED) is 0.526. The van der Waals surface area contributed by atoms with Gasteiger partial charge in [0, 0.05) is 0 Å². The Morgan fingerprint density at radius 3 is 2.73 bits per heavy atom. The van der Waals surface area contributed by atoms with Gasteiger partial charge in [0.1, 0.15) is 0 Å². The maximum Gasteiger partial charge on any atom is 0.235 e. The molecule has 11 heavy (non-hydrogen) atoms. The van der Waals surface area contributed by atoms with Crippen molar-refractivity contribution < 1.29 is 4.79 Å². The van der Waals surface area contributed by atoms with Gasteiger partial charge in [0.2, 0.25) is 5.91 Å². The molecule has 1 amide bonds. The first-order chi connectivity index (χ1) is 5.16. The van der Waals surface area contributed by atoms with E-state index in [1.807, 2.05) is 11.9 Å². The Morgan fingerprint density at radius 1 is 1.73 bits per heavy atom. The molecule has 0 aromatic carbocycles. The standard InChI is InChI=1S/C7H15N3O/c1-10-3-2-5(4-8)6(10)7(9)11/h5-6H,2-4,8H2,1H3,(H2,9,11)/t5-,6+/m1/s1. The molecule has 1 aliphatic rings. The zero-order valence-corrected chi connectivity index (χ0v) is 6.79. The first kappa shape index (κ1) is 8.49. The van der Waals surface area contributed by atoms with Crippen LogP contribution in [0, 0.1) is 5.92 Å². The van der Waals surface area contributed by atoms with E-state index in [9.17, 15) is 4.79 Å². The highest BCUT2D eigenvalue weighted by atomic mass is 16.1. The van der Waals surface area contributed by atoms with Crippen molar-refractivity contribution in [3.63, 3.8) is 0 Å². The number of nitrogens with zero attached hydrogens (tertiary/aromatic N) is 1. The summed E-state index contributed by atoms with van der Waals surface area (Å²) >= 11 is 0. The number of hydrogen-bond acceptors (Lipinski definition) is 3. The smallest absolute Gasteiger partial charge is 0.235 e. The highest BCUT2D eigenvalue weighted by molar-refractivity contribution is 5.80. The molecule has 0 bridgehead atoms. The van der Waals surface area contributed by atoms with Crippen LogP contribution in [0.4, 0.5) is 0 Å². The fourth-order valence-corrected chi connectivity index (χ4v) is 1.72. The normalized spacial score (nSPS) is 32.5. The number of nitrogens with two attached hydrogens (primary N) is 2. The van der Waals surface area contributed by atoms with Crippen LogP contribution in [0.15, 0.2) is 0 Å². The van der Waals surface area contributed by atoms with E-state index in [1.54, 1.807) is 0 Å². The molecule has 64 valence electrons. The molecular weight excluding hydrogens is 142 g/mol. The average molecular weight is 157 g/mol. The average Bonchev–Trinajstić information content (AvgIpc) is 2.30. The highest BCUT2D eigenvalue weighted by Gasteiger charge is 2.34. The van der Waals surface area contributed by atoms with Crippen LogP contribution in [0.3, 0.4) is 0 Å². The van der Waals surface area contributed by atoms with Gasteiger partial charge in [0.25, 0.3) is 0 Å². The van der Waals surface area contributed by atoms with Gasteiger partial charge in [0.05, 0.1) is 6.04 Å². The van der Waals surface area contributed by atoms with Gasteiger partial charge in [-0.1, -0.05) is 0 Å². The molecule has 0 radical (unpaired) electrons. The van der Waals surface area contributed by atoms with Gasteiger partial charge in [-0.05, 0) is 32.5 Å². The maximum atomic E-state index is 10.9. The van der Waals surface area contributed by atoms with E-state index >= 15 is 0 Å². The lowest BCUT2D eigenvalue weighted by Gasteiger charge is -2.20. The van der Waals surface area contributed by atoms with E-state index in [2.05, 4.69) is 0 Å². The van der Waals surface area contributed by atoms with E-state index in [1.165, 1.54) is 0 Å². The van der Waals surface area contributed by atoms with Crippen LogP contribution >= 0.6 is 0 Å². The number of rotatable bonds is 2. The molecule has 4 N–H and O–H groups in total. The summed E-state index contributed by atoms with van der Waals surface area (Å²) in [6.45, 7) is 1.48. The SMILES string of the molecule is CN1CC[C@H](CN)[C@H]1C(N)=O. The molecule has 1 saturated heterocycles. The van der Waals surface area contributed by atoms with Gasteiger partial charge < -0.3 is 11.5 Å². The van der Waals surface area contributed by atoms with Crippen molar-refractivity contribution in [3.05, 3.63) is 0 Å². The second-order valence-electron chi connectivity index (χ2n) is 3.11. The molecule has 0 spiro atoms. The third kappa shape index (κ3) is 1.52. The number of likely N-dealkylation sites (N-methyl/N-ethyl adjacent to an activating group) is 1. The van der Waals surface area contributed by atoms with Gasteiger partial charge in [-0.3, -0.25) is 9.69 Å². The molecule has 2 atom stereocenters. The zero-order chi connectivity index (χ0) is 8.43. The fourth-order valence-electron chi connectivity index (χ4n) is 1.72. The molecule has 4 nitrogen and oxygen atoms in total. The second kappa shape index (κ2) is 3.19. The van der Waals surface area contributed by atoms with Crippen molar-refractivity contribution in [3.8, 4) is 0 Å². The summed E-state index contributed by atoms with van der Waals surface area (Å²) in [5.74, 6) is 0.0120. The Morgan fingerprint density at radius 2 is 2.36 bits per heavy atom. The molecule has 1 rings (SSSR count). The lowest BCUT2D eigenvalue weighted by atomic mass is 10.0. The van der Waals surface area contributed by atoms with Crippen LogP contribution in [-0.2, 0) is 4.79 Å². The predicted octanol–water partition coefficient (Wildman–Crippen LogP) is -1.25. The Bertz CT molecular complexity index is 160. The topological polar surface area (TPSA) is 72.3 Å². The summed E-state index contributed by atoms with van der Waals surface area (Å²) in [6, 6.07) is -0.139. The fraction of sp³-hybridized carbons (Fsp3) is 0.857. The van der Waals surface area contributed by atoms with E-state index in [0.717, 1.165) is 13.0 Å². The van der Waals surface area contributed by atoms with Crippen molar-refractivity contribution in [2.75, 3.05) is 20.1 Å². The Kier molecular flexibility index (Phi) is 2.46. The number of primary amides is 1. The van der Waals surface area contributed by atoms with E-state index in [4.69, 9.17) is 11.5 Å². The molecule has 1 fully saturated rings. The Labute approximate surface area is 66.5 Å². The van der Waals surface area contributed by atoms with E-state index < -0.39 is 0 Å². The number of carbonyl (C=O) groups is 1. The van der Waals surface area contributed by atoms with Crippen molar-refractivity contribution in [1.82, 2.24) is 4.90 Å². The lowest BCUT2D eigenvalue weighted by Crippen LogP contribution is -2.43. The molecular formula is C7H15N3O. The molecule has 4 heteroatoms. The van der Waals surface area contributed by atoms with Crippen molar-refractivity contribution in [1.29, 1.82) is 0 Å². The van der Waals surface area contributed by atoms with Crippen LogP contribution in [0.2, 0.25) is 0 Å². The number of carbonyl (C=O) groups excluding carboxylic acids is 1. The van der Waals surface area contributed by atoms with Crippen LogP contribution in [0.5, 0.6) is 0 Å². The van der Waals surface area contributed by atoms with Gasteiger partial charge in [-0.2, -0.15) is 0 Å². The number of hydrogen-bond donors (Lipinski definition) is 2. The molecule has 0 aromatic heterocycles. The summed E-state index contributed by atoms with van der Waals surface area (Å²) in [5.41, 5.74) is 10.7. The largest absolute Gasteiger partial charge is 0.368 e. The van der Waals surface area contributed by atoms with Crippen LogP contribution in [0.25, 0.3) is 0 Å². The highest BCUT2D eigenvalue weighted by Crippen LogP contribution is 2.20. The summed E-state index contributed by atoms with van der Waals surface area (Å²) in [6.07, 6.45) is 0.987. The van der Waals surface area contributed by atoms with Gasteiger partial charge in [-0.25, -0.2) is 0 Å². The predicted molar refractivity (Wildman–Crippen MR) is 42.8 cm³/mol. The molecule has 1 heterocycles. The summed E-state index contributed by atoms with van der Waals surface area (Å²) in [4.78, 5) is 12.9. The molecule has 0 saturated carbocycles. The second-order valence-corrected chi connectivity index (χ2v) is 3.11. The first-order valence-electron chi connectivity index (χ1n) is 3.86. The van der Waals surface area contributed by atoms with Gasteiger partial charge in [0.15, 0.2) is 0 Å². The number of amides is 1. The summed E-state index contributed by atoms with van der Waals surface area (Å²) in [7, 11) is 1.91. The van der Waals surface area contributed by atoms with Crippen molar-refractivity contribution in [2.24, 2.45) is 17.4 Å². The summed E-state index contributed by atoms with van der Waals surface area (Å²) < 4.78 is 0. The van der Waals surface area contributed by atoms with Crippen LogP contribution in [0.1, 0.15) is 6.42 Å². The first-order valence-corrected chi connectivity index (χ1v) is 3.86. The number of likely N-dealkylation sites (tertiary alicyclic amines) is 1. The van der Waals surface area contributed by atoms with Gasteiger partial charge >= 0.3 is 0 Å². The van der Waals surface area contributed by atoms with E-state index in [0.29, 0.717) is 6.54 Å². The Hall–Kier alpha value is -0.610. The van der Waals surface area contributed by atoms with Crippen molar-refractivity contribution >= 4 is 5.91 Å². The minimum absolute atomic E-state index is 0.139. The van der Waals surface area contributed by atoms with Crippen molar-refractivity contribution in [2.45, 2.75) is 12.5 Å². The van der Waals surface area contributed by atoms with E-state index in [-0.39, 0.29) is 17.9 Å². The minimum Gasteiger partial charge on any atom is -0.368 e. The summed E-state index contributed by atoms with van der Waals surface area (Å²) in [5, 5.41) is 0. The molecule has 1 aliphatic heterocycles. The van der Waals surface area contributed by atoms with Gasteiger partial charge in [-0.15, -0.1) is 0 Å². The zero-order valence-electron chi connectivity index (χ0n) is 6.79. The molecule has 0 aromatic rings. The minimum atomic E-state index is -0.250. The lowest BCUT2D eigenvalue weighted by molar-refractivity contribution is -0.122.